The van der Waals surface area contributed by atoms with Crippen LogP contribution in [0.15, 0.2) is 45.3 Å². The number of terminal acetylenes is 6. The molecule has 2 heteroatoms. The SMILES string of the molecule is C#CC#CC#CC#Cc1cc(-c2cc(C#CC#CC#CC#C)c(-c3cc(C#CC#CC#CC#C)c(Br)cc3C#CC#CC#CC#C)cc2C#CC#CC#CC#C)c(C#CC#CC#CC#C)cc1Br. The zero-order chi connectivity index (χ0) is 48.9. The van der Waals surface area contributed by atoms with Gasteiger partial charge in [-0.1, -0.05) is 35.5 Å². The summed E-state index contributed by atoms with van der Waals surface area (Å²) in [6.07, 6.45) is 31.5. The average molecular weight is 965 g/mol. The molecule has 0 aliphatic carbocycles. The van der Waals surface area contributed by atoms with E-state index in [1.807, 2.05) is 12.1 Å². The number of halogens is 2. The average Bonchev–Trinajstić information content (AvgIpc) is 3.34. The van der Waals surface area contributed by atoms with E-state index in [1.165, 1.54) is 0 Å². The van der Waals surface area contributed by atoms with Crippen molar-refractivity contribution in [3.05, 3.63) is 78.7 Å². The smallest absolute Gasteiger partial charge is 0.0404 e. The molecule has 0 fully saturated rings. The Kier molecular flexibility index (Phi) is 23.0. The van der Waals surface area contributed by atoms with Crippen LogP contribution in [-0.4, -0.2) is 0 Å². The van der Waals surface area contributed by atoms with Gasteiger partial charge in [0.15, 0.2) is 0 Å². The second kappa shape index (κ2) is 31.0. The van der Waals surface area contributed by atoms with Gasteiger partial charge < -0.3 is 0 Å². The maximum absolute atomic E-state index is 5.28. The van der Waals surface area contributed by atoms with Gasteiger partial charge in [0.05, 0.1) is 0 Å². The van der Waals surface area contributed by atoms with E-state index >= 15 is 0 Å². The Hall–Kier alpha value is -11.9. The first kappa shape index (κ1) is 50.4. The van der Waals surface area contributed by atoms with Crippen LogP contribution in [0.2, 0.25) is 0 Å². The van der Waals surface area contributed by atoms with Crippen LogP contribution in [0, 0.1) is 287 Å². The Balaban J connectivity index is 2.75. The minimum absolute atomic E-state index is 0.451. The quantitative estimate of drug-likeness (QED) is 0.258. The molecular weight excluding hydrogens is 953 g/mol. The first-order valence-electron chi connectivity index (χ1n) is 18.1. The Labute approximate surface area is 417 Å². The van der Waals surface area contributed by atoms with E-state index in [2.05, 4.69) is 281 Å². The molecule has 0 aliphatic heterocycles. The summed E-state index contributed by atoms with van der Waals surface area (Å²) in [5.41, 5.74) is 5.17. The molecule has 0 bridgehead atoms. The van der Waals surface area contributed by atoms with E-state index in [4.69, 9.17) is 38.5 Å². The summed E-state index contributed by atoms with van der Waals surface area (Å²) in [5.74, 6) is 111. The predicted octanol–water partition coefficient (Wildman–Crippen LogP) is 6.49. The topological polar surface area (TPSA) is 0 Å². The van der Waals surface area contributed by atoms with E-state index in [0.29, 0.717) is 64.6 Å². The van der Waals surface area contributed by atoms with Crippen LogP contribution in [0.3, 0.4) is 0 Å². The second-order valence-electron chi connectivity index (χ2n) is 11.1. The highest BCUT2D eigenvalue weighted by molar-refractivity contribution is 9.10. The molecule has 0 saturated carbocycles. The zero-order valence-corrected chi connectivity index (χ0v) is 37.9. The van der Waals surface area contributed by atoms with Crippen LogP contribution in [0.1, 0.15) is 33.4 Å². The van der Waals surface area contributed by atoms with Crippen molar-refractivity contribution in [3.8, 4) is 309 Å². The largest absolute Gasteiger partial charge is 0.106 e. The molecule has 0 saturated heterocycles. The van der Waals surface area contributed by atoms with Crippen molar-refractivity contribution in [2.45, 2.75) is 0 Å². The van der Waals surface area contributed by atoms with Gasteiger partial charge in [-0.25, -0.2) is 0 Å². The molecule has 0 N–H and O–H groups in total. The molecule has 0 unspecified atom stereocenters. The third-order valence-electron chi connectivity index (χ3n) is 7.07. The lowest BCUT2D eigenvalue weighted by molar-refractivity contribution is 1.48. The van der Waals surface area contributed by atoms with E-state index < -0.39 is 0 Å². The predicted molar refractivity (Wildman–Crippen MR) is 280 cm³/mol. The van der Waals surface area contributed by atoms with Gasteiger partial charge in [0.2, 0.25) is 0 Å². The first-order chi connectivity index (χ1) is 33.4. The highest BCUT2D eigenvalue weighted by Crippen LogP contribution is 2.38. The second-order valence-corrected chi connectivity index (χ2v) is 12.8. The van der Waals surface area contributed by atoms with Crippen molar-refractivity contribution in [1.29, 1.82) is 0 Å². The lowest BCUT2D eigenvalue weighted by Gasteiger charge is -2.16. The maximum Gasteiger partial charge on any atom is 0.0404 e. The normalized spacial score (nSPS) is 6.53. The summed E-state index contributed by atoms with van der Waals surface area (Å²) in [4.78, 5) is 0. The molecule has 3 aromatic rings. The van der Waals surface area contributed by atoms with E-state index in [1.54, 1.807) is 24.3 Å². The first-order valence-corrected chi connectivity index (χ1v) is 19.7. The van der Waals surface area contributed by atoms with Gasteiger partial charge in [-0.2, -0.15) is 0 Å². The number of hydrogen-bond acceptors (Lipinski definition) is 0. The van der Waals surface area contributed by atoms with Crippen LogP contribution in [0.5, 0.6) is 0 Å². The molecule has 0 aromatic heterocycles. The summed E-state index contributed by atoms with van der Waals surface area (Å²) in [7, 11) is 0. The molecule has 68 heavy (non-hydrogen) atoms. The van der Waals surface area contributed by atoms with Crippen LogP contribution in [0.4, 0.5) is 0 Å². The maximum atomic E-state index is 5.28. The van der Waals surface area contributed by atoms with Crippen molar-refractivity contribution in [2.24, 2.45) is 0 Å². The van der Waals surface area contributed by atoms with Crippen LogP contribution < -0.4 is 0 Å². The fourth-order valence-electron chi connectivity index (χ4n) is 4.61. The van der Waals surface area contributed by atoms with E-state index in [9.17, 15) is 0 Å². The molecular formula is C66H12Br2. The summed E-state index contributed by atoms with van der Waals surface area (Å²) in [6.45, 7) is 0. The lowest BCUT2D eigenvalue weighted by Crippen LogP contribution is -1.97. The van der Waals surface area contributed by atoms with Crippen molar-refractivity contribution in [3.63, 3.8) is 0 Å². The summed E-state index contributed by atoms with van der Waals surface area (Å²) < 4.78 is 1.18. The minimum Gasteiger partial charge on any atom is -0.106 e. The minimum atomic E-state index is 0.451. The number of hydrogen-bond donors (Lipinski definition) is 0. The van der Waals surface area contributed by atoms with Gasteiger partial charge in [-0.3, -0.25) is 0 Å². The van der Waals surface area contributed by atoms with Crippen LogP contribution >= 0.6 is 31.9 Å². The molecule has 0 spiro atoms. The van der Waals surface area contributed by atoms with Crippen molar-refractivity contribution >= 4 is 31.9 Å². The summed E-state index contributed by atoms with van der Waals surface area (Å²) >= 11 is 7.25. The zero-order valence-electron chi connectivity index (χ0n) is 34.7. The molecule has 0 atom stereocenters. The van der Waals surface area contributed by atoms with Gasteiger partial charge in [-0.05, 0) is 304 Å². The Morgan fingerprint density at radius 1 is 0.206 bits per heavy atom. The molecule has 3 aromatic carbocycles. The Morgan fingerprint density at radius 3 is 0.588 bits per heavy atom. The molecule has 0 radical (unpaired) electrons. The number of benzene rings is 3. The van der Waals surface area contributed by atoms with Gasteiger partial charge in [0.25, 0.3) is 0 Å². The third-order valence-corrected chi connectivity index (χ3v) is 8.38. The molecule has 0 amide bonds. The highest BCUT2D eigenvalue weighted by Gasteiger charge is 2.18. The van der Waals surface area contributed by atoms with Crippen molar-refractivity contribution in [2.75, 3.05) is 0 Å². The van der Waals surface area contributed by atoms with E-state index in [-0.39, 0.29) is 0 Å². The fourth-order valence-corrected chi connectivity index (χ4v) is 5.50. The van der Waals surface area contributed by atoms with Gasteiger partial charge in [-0.15, -0.1) is 38.5 Å². The van der Waals surface area contributed by atoms with Gasteiger partial charge in [0, 0.05) is 42.3 Å². The Morgan fingerprint density at radius 2 is 0.368 bits per heavy atom. The summed E-state index contributed by atoms with van der Waals surface area (Å²) in [5, 5.41) is 0. The molecule has 0 nitrogen and oxygen atoms in total. The van der Waals surface area contributed by atoms with Gasteiger partial charge in [0.1, 0.15) is 0 Å². The van der Waals surface area contributed by atoms with Gasteiger partial charge >= 0.3 is 0 Å². The van der Waals surface area contributed by atoms with Crippen LogP contribution in [-0.2, 0) is 0 Å². The monoisotopic (exact) mass is 962 g/mol. The molecule has 0 heterocycles. The van der Waals surface area contributed by atoms with Crippen molar-refractivity contribution in [1.82, 2.24) is 0 Å². The van der Waals surface area contributed by atoms with E-state index in [0.717, 1.165) is 0 Å². The number of rotatable bonds is 2. The van der Waals surface area contributed by atoms with Crippen molar-refractivity contribution < 1.29 is 0 Å². The molecule has 3 rings (SSSR count). The lowest BCUT2D eigenvalue weighted by atomic mass is 9.87. The molecule has 290 valence electrons. The summed E-state index contributed by atoms with van der Waals surface area (Å²) in [6, 6.07) is 10.8. The van der Waals surface area contributed by atoms with Crippen LogP contribution in [0.25, 0.3) is 22.3 Å². The highest BCUT2D eigenvalue weighted by atomic mass is 79.9. The fraction of sp³-hybridized carbons (Fsp3) is 0. The third kappa shape index (κ3) is 18.0. The standard InChI is InChI=1S/C66H12Br2/c1-7-13-19-25-31-37-43-55-49-62(64-52-60(48-42-36-30-24-18-12-6)66(68)54-58(64)46-40-34-28-22-16-10-4)56(44-38-32-26-20-14-8-2)50-61(55)63-51-59(47-41-35-29-23-17-11-5)65(67)53-57(63)45-39-33-27-21-15-9-3/h1-6,49-54H. The molecule has 0 aliphatic rings. The Bertz CT molecular complexity index is 3940.